The molecule has 2 rings (SSSR count). The summed E-state index contributed by atoms with van der Waals surface area (Å²) in [7, 11) is 0. The number of benzene rings is 2. The normalized spacial score (nSPS) is 11.6. The van der Waals surface area contributed by atoms with E-state index < -0.39 is 6.04 Å². The zero-order chi connectivity index (χ0) is 21.2. The van der Waals surface area contributed by atoms with Crippen molar-refractivity contribution in [3.05, 3.63) is 63.6 Å². The standard InChI is InChI=1S/C22H26BrClN2O3/c1-3-4-12-25-22(28)16(2)26(14-17-6-5-7-19(24)13-17)21(27)15-29-20-10-8-18(23)9-11-20/h5-11,13,16H,3-4,12,14-15H2,1-2H3,(H,25,28). The van der Waals surface area contributed by atoms with Crippen molar-refractivity contribution in [2.75, 3.05) is 13.2 Å². The third-order valence-corrected chi connectivity index (χ3v) is 5.18. The molecular formula is C22H26BrClN2O3. The highest BCUT2D eigenvalue weighted by molar-refractivity contribution is 9.10. The third-order valence-electron chi connectivity index (χ3n) is 4.41. The molecule has 0 radical (unpaired) electrons. The first kappa shape index (κ1) is 23.2. The van der Waals surface area contributed by atoms with Crippen molar-refractivity contribution in [2.45, 2.75) is 39.3 Å². The lowest BCUT2D eigenvalue weighted by molar-refractivity contribution is -0.142. The second kappa shape index (κ2) is 11.8. The second-order valence-electron chi connectivity index (χ2n) is 6.71. The van der Waals surface area contributed by atoms with Gasteiger partial charge in [-0.05, 0) is 55.3 Å². The maximum Gasteiger partial charge on any atom is 0.261 e. The number of hydrogen-bond donors (Lipinski definition) is 1. The van der Waals surface area contributed by atoms with Crippen molar-refractivity contribution >= 4 is 39.3 Å². The molecule has 29 heavy (non-hydrogen) atoms. The molecule has 0 fully saturated rings. The van der Waals surface area contributed by atoms with Crippen molar-refractivity contribution in [3.8, 4) is 5.75 Å². The van der Waals surface area contributed by atoms with E-state index in [0.717, 1.165) is 22.9 Å². The summed E-state index contributed by atoms with van der Waals surface area (Å²) in [6, 6.07) is 13.9. The lowest BCUT2D eigenvalue weighted by Crippen LogP contribution is -2.49. The zero-order valence-electron chi connectivity index (χ0n) is 16.7. The molecule has 0 aliphatic rings. The molecule has 2 aromatic rings. The van der Waals surface area contributed by atoms with Crippen LogP contribution in [0.1, 0.15) is 32.3 Å². The number of amides is 2. The smallest absolute Gasteiger partial charge is 0.261 e. The summed E-state index contributed by atoms with van der Waals surface area (Å²) in [5.74, 6) is 0.132. The summed E-state index contributed by atoms with van der Waals surface area (Å²) in [6.45, 7) is 4.49. The molecule has 0 bridgehead atoms. The van der Waals surface area contributed by atoms with Gasteiger partial charge >= 0.3 is 0 Å². The van der Waals surface area contributed by atoms with E-state index in [9.17, 15) is 9.59 Å². The molecule has 0 saturated heterocycles. The molecule has 1 atom stereocenters. The number of nitrogens with zero attached hydrogens (tertiary/aromatic N) is 1. The Morgan fingerprint density at radius 2 is 1.93 bits per heavy atom. The molecule has 7 heteroatoms. The fourth-order valence-electron chi connectivity index (χ4n) is 2.71. The second-order valence-corrected chi connectivity index (χ2v) is 8.07. The van der Waals surface area contributed by atoms with Gasteiger partial charge in [-0.15, -0.1) is 0 Å². The average molecular weight is 482 g/mol. The van der Waals surface area contributed by atoms with Gasteiger partial charge in [-0.3, -0.25) is 9.59 Å². The lowest BCUT2D eigenvalue weighted by atomic mass is 10.1. The molecule has 1 unspecified atom stereocenters. The summed E-state index contributed by atoms with van der Waals surface area (Å²) < 4.78 is 6.55. The van der Waals surface area contributed by atoms with Crippen LogP contribution in [0.2, 0.25) is 5.02 Å². The molecule has 0 aliphatic heterocycles. The third kappa shape index (κ3) is 7.71. The van der Waals surface area contributed by atoms with Crippen LogP contribution in [0, 0.1) is 0 Å². The molecule has 0 spiro atoms. The molecular weight excluding hydrogens is 456 g/mol. The molecule has 0 saturated carbocycles. The summed E-state index contributed by atoms with van der Waals surface area (Å²) >= 11 is 9.44. The summed E-state index contributed by atoms with van der Waals surface area (Å²) in [5.41, 5.74) is 0.850. The van der Waals surface area contributed by atoms with Crippen LogP contribution in [0.15, 0.2) is 53.0 Å². The first-order valence-corrected chi connectivity index (χ1v) is 10.8. The van der Waals surface area contributed by atoms with E-state index in [-0.39, 0.29) is 25.0 Å². The fourth-order valence-corrected chi connectivity index (χ4v) is 3.19. The first-order valence-electron chi connectivity index (χ1n) is 9.60. The van der Waals surface area contributed by atoms with Crippen LogP contribution in [0.4, 0.5) is 0 Å². The van der Waals surface area contributed by atoms with Gasteiger partial charge in [0.15, 0.2) is 6.61 Å². The van der Waals surface area contributed by atoms with Gasteiger partial charge in [-0.2, -0.15) is 0 Å². The van der Waals surface area contributed by atoms with Gasteiger partial charge in [0.2, 0.25) is 5.91 Å². The fraction of sp³-hybridized carbons (Fsp3) is 0.364. The SMILES string of the molecule is CCCCNC(=O)C(C)N(Cc1cccc(Cl)c1)C(=O)COc1ccc(Br)cc1. The van der Waals surface area contributed by atoms with Crippen LogP contribution in [0.3, 0.4) is 0 Å². The molecule has 2 amide bonds. The van der Waals surface area contributed by atoms with E-state index in [1.165, 1.54) is 4.90 Å². The molecule has 0 aromatic heterocycles. The lowest BCUT2D eigenvalue weighted by Gasteiger charge is -2.28. The Labute approximate surface area is 185 Å². The summed E-state index contributed by atoms with van der Waals surface area (Å²) in [6.07, 6.45) is 1.88. The topological polar surface area (TPSA) is 58.6 Å². The van der Waals surface area contributed by atoms with Crippen LogP contribution in [-0.4, -0.2) is 35.9 Å². The van der Waals surface area contributed by atoms with E-state index in [1.54, 1.807) is 31.2 Å². The number of nitrogens with one attached hydrogen (secondary N) is 1. The Hall–Kier alpha value is -2.05. The Balaban J connectivity index is 2.10. The number of carbonyl (C=O) groups is 2. The van der Waals surface area contributed by atoms with Gasteiger partial charge in [0.1, 0.15) is 11.8 Å². The van der Waals surface area contributed by atoms with E-state index >= 15 is 0 Å². The summed E-state index contributed by atoms with van der Waals surface area (Å²) in [5, 5.41) is 3.48. The molecule has 0 heterocycles. The van der Waals surface area contributed by atoms with Crippen LogP contribution in [-0.2, 0) is 16.1 Å². The van der Waals surface area contributed by atoms with Gasteiger partial charge in [0.25, 0.3) is 5.91 Å². The minimum Gasteiger partial charge on any atom is -0.484 e. The Bertz CT molecular complexity index is 814. The number of rotatable bonds is 10. The van der Waals surface area contributed by atoms with E-state index in [4.69, 9.17) is 16.3 Å². The van der Waals surface area contributed by atoms with Gasteiger partial charge in [-0.1, -0.05) is 53.0 Å². The number of carbonyl (C=O) groups excluding carboxylic acids is 2. The number of ether oxygens (including phenoxy) is 1. The van der Waals surface area contributed by atoms with Crippen LogP contribution < -0.4 is 10.1 Å². The first-order chi connectivity index (χ1) is 13.9. The average Bonchev–Trinajstić information content (AvgIpc) is 2.71. The van der Waals surface area contributed by atoms with Crippen molar-refractivity contribution in [3.63, 3.8) is 0 Å². The Morgan fingerprint density at radius 3 is 2.59 bits per heavy atom. The molecule has 2 aromatic carbocycles. The zero-order valence-corrected chi connectivity index (χ0v) is 19.0. The highest BCUT2D eigenvalue weighted by Gasteiger charge is 2.26. The molecule has 156 valence electrons. The highest BCUT2D eigenvalue weighted by atomic mass is 79.9. The minimum absolute atomic E-state index is 0.158. The van der Waals surface area contributed by atoms with E-state index in [2.05, 4.69) is 28.2 Å². The molecule has 5 nitrogen and oxygen atoms in total. The van der Waals surface area contributed by atoms with Gasteiger partial charge < -0.3 is 15.0 Å². The van der Waals surface area contributed by atoms with Gasteiger partial charge in [-0.25, -0.2) is 0 Å². The number of halogens is 2. The monoisotopic (exact) mass is 480 g/mol. The Morgan fingerprint density at radius 1 is 1.21 bits per heavy atom. The van der Waals surface area contributed by atoms with Crippen LogP contribution in [0.5, 0.6) is 5.75 Å². The molecule has 0 aliphatic carbocycles. The quantitative estimate of drug-likeness (QED) is 0.495. The Kier molecular flexibility index (Phi) is 9.48. The van der Waals surface area contributed by atoms with Crippen LogP contribution >= 0.6 is 27.5 Å². The van der Waals surface area contributed by atoms with Crippen LogP contribution in [0.25, 0.3) is 0 Å². The van der Waals surface area contributed by atoms with Crippen molar-refractivity contribution < 1.29 is 14.3 Å². The maximum atomic E-state index is 12.9. The number of unbranched alkanes of at least 4 members (excludes halogenated alkanes) is 1. The summed E-state index contributed by atoms with van der Waals surface area (Å²) in [4.78, 5) is 27.0. The largest absolute Gasteiger partial charge is 0.484 e. The van der Waals surface area contributed by atoms with E-state index in [0.29, 0.717) is 17.3 Å². The molecule has 1 N–H and O–H groups in total. The van der Waals surface area contributed by atoms with E-state index in [1.807, 2.05) is 24.3 Å². The van der Waals surface area contributed by atoms with Crippen molar-refractivity contribution in [2.24, 2.45) is 0 Å². The van der Waals surface area contributed by atoms with Gasteiger partial charge in [0, 0.05) is 22.6 Å². The van der Waals surface area contributed by atoms with Gasteiger partial charge in [0.05, 0.1) is 0 Å². The highest BCUT2D eigenvalue weighted by Crippen LogP contribution is 2.18. The predicted octanol–water partition coefficient (Wildman–Crippen LogP) is 4.81. The van der Waals surface area contributed by atoms with Crippen molar-refractivity contribution in [1.82, 2.24) is 10.2 Å². The minimum atomic E-state index is -0.633. The number of hydrogen-bond acceptors (Lipinski definition) is 3. The van der Waals surface area contributed by atoms with Crippen molar-refractivity contribution in [1.29, 1.82) is 0 Å². The predicted molar refractivity (Wildman–Crippen MR) is 119 cm³/mol. The maximum absolute atomic E-state index is 12.9.